The SMILES string of the molecule is CCCCCCC(CN)CCCCCCCCC(=O)O. The predicted octanol–water partition coefficient (Wildman–Crippen LogP) is 4.74. The maximum absolute atomic E-state index is 10.4. The van der Waals surface area contributed by atoms with E-state index in [2.05, 4.69) is 6.92 Å². The Bertz CT molecular complexity index is 219. The predicted molar refractivity (Wildman–Crippen MR) is 85.9 cm³/mol. The molecule has 0 bridgehead atoms. The summed E-state index contributed by atoms with van der Waals surface area (Å²) in [6, 6.07) is 0. The van der Waals surface area contributed by atoms with Crippen LogP contribution in [0, 0.1) is 5.92 Å². The zero-order chi connectivity index (χ0) is 15.1. The van der Waals surface area contributed by atoms with Crippen LogP contribution in [0.3, 0.4) is 0 Å². The highest BCUT2D eigenvalue weighted by Gasteiger charge is 2.06. The Morgan fingerprint density at radius 1 is 0.900 bits per heavy atom. The second kappa shape index (κ2) is 14.8. The molecule has 0 radical (unpaired) electrons. The molecule has 0 aliphatic heterocycles. The van der Waals surface area contributed by atoms with Crippen molar-refractivity contribution in [2.45, 2.75) is 90.4 Å². The van der Waals surface area contributed by atoms with E-state index < -0.39 is 5.97 Å². The lowest BCUT2D eigenvalue weighted by atomic mass is 9.94. The highest BCUT2D eigenvalue weighted by Crippen LogP contribution is 2.17. The van der Waals surface area contributed by atoms with Crippen molar-refractivity contribution in [3.05, 3.63) is 0 Å². The molecule has 0 amide bonds. The fraction of sp³-hybridized carbons (Fsp3) is 0.941. The molecule has 0 saturated heterocycles. The first kappa shape index (κ1) is 19.4. The van der Waals surface area contributed by atoms with Gasteiger partial charge in [-0.15, -0.1) is 0 Å². The van der Waals surface area contributed by atoms with Crippen LogP contribution in [-0.2, 0) is 4.79 Å². The van der Waals surface area contributed by atoms with Gasteiger partial charge in [0.1, 0.15) is 0 Å². The first-order valence-corrected chi connectivity index (χ1v) is 8.62. The van der Waals surface area contributed by atoms with E-state index in [1.165, 1.54) is 64.2 Å². The van der Waals surface area contributed by atoms with Crippen LogP contribution in [0.5, 0.6) is 0 Å². The highest BCUT2D eigenvalue weighted by atomic mass is 16.4. The zero-order valence-corrected chi connectivity index (χ0v) is 13.4. The number of aliphatic carboxylic acids is 1. The smallest absolute Gasteiger partial charge is 0.303 e. The van der Waals surface area contributed by atoms with Crippen LogP contribution in [-0.4, -0.2) is 17.6 Å². The largest absolute Gasteiger partial charge is 0.481 e. The summed E-state index contributed by atoms with van der Waals surface area (Å²) in [5, 5.41) is 8.54. The molecule has 0 rings (SSSR count). The first-order valence-electron chi connectivity index (χ1n) is 8.62. The van der Waals surface area contributed by atoms with Crippen molar-refractivity contribution in [2.24, 2.45) is 11.7 Å². The number of carboxylic acid groups (broad SMARTS) is 1. The van der Waals surface area contributed by atoms with E-state index in [0.717, 1.165) is 25.3 Å². The minimum absolute atomic E-state index is 0.326. The van der Waals surface area contributed by atoms with Gasteiger partial charge >= 0.3 is 5.97 Å². The average molecular weight is 285 g/mol. The molecule has 0 aliphatic rings. The van der Waals surface area contributed by atoms with Gasteiger partial charge in [-0.25, -0.2) is 0 Å². The van der Waals surface area contributed by atoms with Gasteiger partial charge in [0.15, 0.2) is 0 Å². The van der Waals surface area contributed by atoms with Gasteiger partial charge in [0.25, 0.3) is 0 Å². The van der Waals surface area contributed by atoms with Gasteiger partial charge in [-0.05, 0) is 31.7 Å². The summed E-state index contributed by atoms with van der Waals surface area (Å²) in [5.41, 5.74) is 5.84. The summed E-state index contributed by atoms with van der Waals surface area (Å²) in [6.07, 6.45) is 15.1. The van der Waals surface area contributed by atoms with Crippen LogP contribution < -0.4 is 5.73 Å². The number of rotatable bonds is 15. The Kier molecular flexibility index (Phi) is 14.4. The van der Waals surface area contributed by atoms with Gasteiger partial charge in [0, 0.05) is 6.42 Å². The second-order valence-corrected chi connectivity index (χ2v) is 6.00. The summed E-state index contributed by atoms with van der Waals surface area (Å²) in [6.45, 7) is 3.08. The van der Waals surface area contributed by atoms with Crippen LogP contribution in [0.1, 0.15) is 90.4 Å². The Morgan fingerprint density at radius 2 is 1.40 bits per heavy atom. The third-order valence-corrected chi connectivity index (χ3v) is 4.05. The summed E-state index contributed by atoms with van der Waals surface area (Å²) < 4.78 is 0. The zero-order valence-electron chi connectivity index (χ0n) is 13.4. The molecular weight excluding hydrogens is 250 g/mol. The van der Waals surface area contributed by atoms with E-state index in [-0.39, 0.29) is 0 Å². The van der Waals surface area contributed by atoms with Crippen molar-refractivity contribution in [2.75, 3.05) is 6.54 Å². The molecule has 0 saturated carbocycles. The number of hydrogen-bond donors (Lipinski definition) is 2. The summed E-state index contributed by atoms with van der Waals surface area (Å²) in [7, 11) is 0. The van der Waals surface area contributed by atoms with E-state index in [4.69, 9.17) is 10.8 Å². The summed E-state index contributed by atoms with van der Waals surface area (Å²) >= 11 is 0. The molecule has 20 heavy (non-hydrogen) atoms. The van der Waals surface area contributed by atoms with Crippen LogP contribution >= 0.6 is 0 Å². The van der Waals surface area contributed by atoms with Crippen molar-refractivity contribution in [1.82, 2.24) is 0 Å². The van der Waals surface area contributed by atoms with Gasteiger partial charge in [0.05, 0.1) is 0 Å². The molecule has 0 aromatic heterocycles. The van der Waals surface area contributed by atoms with Gasteiger partial charge < -0.3 is 10.8 Å². The molecule has 0 heterocycles. The number of carboxylic acids is 1. The van der Waals surface area contributed by atoms with Crippen molar-refractivity contribution in [3.63, 3.8) is 0 Å². The van der Waals surface area contributed by atoms with E-state index in [1.807, 2.05) is 0 Å². The molecule has 0 aromatic carbocycles. The molecule has 0 aliphatic carbocycles. The molecule has 120 valence electrons. The Balaban J connectivity index is 3.31. The van der Waals surface area contributed by atoms with Gasteiger partial charge in [-0.2, -0.15) is 0 Å². The lowest BCUT2D eigenvalue weighted by molar-refractivity contribution is -0.137. The van der Waals surface area contributed by atoms with E-state index in [1.54, 1.807) is 0 Å². The third-order valence-electron chi connectivity index (χ3n) is 4.05. The van der Waals surface area contributed by atoms with E-state index >= 15 is 0 Å². The van der Waals surface area contributed by atoms with Gasteiger partial charge in [-0.3, -0.25) is 4.79 Å². The monoisotopic (exact) mass is 285 g/mol. The molecule has 3 nitrogen and oxygen atoms in total. The Morgan fingerprint density at radius 3 is 1.90 bits per heavy atom. The lowest BCUT2D eigenvalue weighted by Gasteiger charge is -2.14. The van der Waals surface area contributed by atoms with Crippen LogP contribution in [0.15, 0.2) is 0 Å². The number of hydrogen-bond acceptors (Lipinski definition) is 2. The average Bonchev–Trinajstić information content (AvgIpc) is 2.43. The molecular formula is C17H35NO2. The highest BCUT2D eigenvalue weighted by molar-refractivity contribution is 5.66. The number of unbranched alkanes of at least 4 members (excludes halogenated alkanes) is 8. The minimum atomic E-state index is -0.668. The molecule has 0 fully saturated rings. The van der Waals surface area contributed by atoms with Crippen molar-refractivity contribution in [1.29, 1.82) is 0 Å². The molecule has 0 spiro atoms. The van der Waals surface area contributed by atoms with Crippen molar-refractivity contribution < 1.29 is 9.90 Å². The lowest BCUT2D eigenvalue weighted by Crippen LogP contribution is -2.14. The van der Waals surface area contributed by atoms with Crippen molar-refractivity contribution >= 4 is 5.97 Å². The van der Waals surface area contributed by atoms with Crippen LogP contribution in [0.2, 0.25) is 0 Å². The normalized spacial score (nSPS) is 12.5. The second-order valence-electron chi connectivity index (χ2n) is 6.00. The number of nitrogens with two attached hydrogens (primary N) is 1. The fourth-order valence-corrected chi connectivity index (χ4v) is 2.66. The van der Waals surface area contributed by atoms with E-state index in [0.29, 0.717) is 6.42 Å². The maximum atomic E-state index is 10.4. The Hall–Kier alpha value is -0.570. The van der Waals surface area contributed by atoms with Gasteiger partial charge in [-0.1, -0.05) is 64.7 Å². The summed E-state index contributed by atoms with van der Waals surface area (Å²) in [4.78, 5) is 10.4. The maximum Gasteiger partial charge on any atom is 0.303 e. The molecule has 3 N–H and O–H groups in total. The summed E-state index contributed by atoms with van der Waals surface area (Å²) in [5.74, 6) is 0.0535. The number of carbonyl (C=O) groups is 1. The third kappa shape index (κ3) is 13.9. The topological polar surface area (TPSA) is 63.3 Å². The molecule has 1 unspecified atom stereocenters. The van der Waals surface area contributed by atoms with Crippen LogP contribution in [0.25, 0.3) is 0 Å². The first-order chi connectivity index (χ1) is 9.70. The molecule has 1 atom stereocenters. The standard InChI is InChI=1S/C17H35NO2/c1-2-3-4-9-12-16(15-18)13-10-7-5-6-8-11-14-17(19)20/h16H,2-15,18H2,1H3,(H,19,20). The molecule has 3 heteroatoms. The van der Waals surface area contributed by atoms with E-state index in [9.17, 15) is 4.79 Å². The quantitative estimate of drug-likeness (QED) is 0.427. The van der Waals surface area contributed by atoms with Gasteiger partial charge in [0.2, 0.25) is 0 Å². The fourth-order valence-electron chi connectivity index (χ4n) is 2.66. The van der Waals surface area contributed by atoms with Crippen molar-refractivity contribution in [3.8, 4) is 0 Å². The Labute approximate surface area is 125 Å². The minimum Gasteiger partial charge on any atom is -0.481 e. The van der Waals surface area contributed by atoms with Crippen LogP contribution in [0.4, 0.5) is 0 Å². The molecule has 0 aromatic rings.